The molecule has 1 unspecified atom stereocenters. The summed E-state index contributed by atoms with van der Waals surface area (Å²) in [4.78, 5) is 34.4. The fourth-order valence-corrected chi connectivity index (χ4v) is 1.11. The van der Waals surface area contributed by atoms with E-state index in [4.69, 9.17) is 5.73 Å². The van der Waals surface area contributed by atoms with Crippen LogP contribution >= 0.6 is 12.2 Å². The van der Waals surface area contributed by atoms with E-state index >= 15 is 0 Å². The van der Waals surface area contributed by atoms with Gasteiger partial charge in [-0.15, -0.1) is 0 Å². The molecule has 0 aliphatic carbocycles. The van der Waals surface area contributed by atoms with Crippen LogP contribution in [0.3, 0.4) is 0 Å². The van der Waals surface area contributed by atoms with E-state index in [1.54, 1.807) is 0 Å². The molecule has 0 aromatic heterocycles. The minimum absolute atomic E-state index is 0.0600. The first-order chi connectivity index (χ1) is 8.73. The Bertz CT molecular complexity index is 371. The molecule has 1 atom stereocenters. The normalized spacial score (nSPS) is 11.6. The Labute approximate surface area is 117 Å². The van der Waals surface area contributed by atoms with Gasteiger partial charge in [-0.1, -0.05) is 26.1 Å². The van der Waals surface area contributed by atoms with Crippen LogP contribution in [-0.4, -0.2) is 41.8 Å². The highest BCUT2D eigenvalue weighted by molar-refractivity contribution is 7.80. The van der Waals surface area contributed by atoms with Crippen molar-refractivity contribution in [1.29, 1.82) is 0 Å². The van der Waals surface area contributed by atoms with Crippen LogP contribution in [0.5, 0.6) is 0 Å². The third-order valence-corrected chi connectivity index (χ3v) is 2.20. The Hall–Kier alpha value is -1.70. The van der Waals surface area contributed by atoms with E-state index in [9.17, 15) is 14.4 Å². The summed E-state index contributed by atoms with van der Waals surface area (Å²) in [7, 11) is 0. The molecule has 0 saturated carbocycles. The van der Waals surface area contributed by atoms with Crippen LogP contribution < -0.4 is 21.7 Å². The zero-order valence-electron chi connectivity index (χ0n) is 11.3. The van der Waals surface area contributed by atoms with Gasteiger partial charge in [0.2, 0.25) is 5.91 Å². The van der Waals surface area contributed by atoms with Gasteiger partial charge in [-0.2, -0.15) is 0 Å². The second-order valence-corrected chi connectivity index (χ2v) is 5.01. The van der Waals surface area contributed by atoms with E-state index in [0.29, 0.717) is 12.5 Å². The molecule has 0 spiro atoms. The van der Waals surface area contributed by atoms with Crippen molar-refractivity contribution in [3.05, 3.63) is 0 Å². The number of carbonyl (C=O) groups is 3. The molecule has 0 heterocycles. The zero-order chi connectivity index (χ0) is 15.0. The standard InChI is InChI=1S/C11H20N4O3S/c1-6(2)4-13-9(16)7(3)15-11(18)10(17)14-5-8(12)19/h6-7H,4-5H2,1-3H3,(H2,12,19)(H,13,16)(H,14,17)(H,15,18). The Morgan fingerprint density at radius 1 is 1.11 bits per heavy atom. The van der Waals surface area contributed by atoms with Crippen molar-refractivity contribution >= 4 is 34.9 Å². The predicted octanol–water partition coefficient (Wildman–Crippen LogP) is -1.33. The van der Waals surface area contributed by atoms with Gasteiger partial charge in [0.15, 0.2) is 0 Å². The molecule has 0 aliphatic heterocycles. The van der Waals surface area contributed by atoms with Crippen LogP contribution in [0.25, 0.3) is 0 Å². The summed E-state index contributed by atoms with van der Waals surface area (Å²) in [5, 5.41) is 7.16. The topological polar surface area (TPSA) is 113 Å². The fourth-order valence-electron chi connectivity index (χ4n) is 1.03. The Morgan fingerprint density at radius 3 is 2.16 bits per heavy atom. The maximum absolute atomic E-state index is 11.6. The lowest BCUT2D eigenvalue weighted by Crippen LogP contribution is -2.50. The molecule has 0 aromatic rings. The van der Waals surface area contributed by atoms with E-state index in [-0.39, 0.29) is 17.4 Å². The SMILES string of the molecule is CC(C)CNC(=O)C(C)NC(=O)C(=O)NCC(N)=S. The van der Waals surface area contributed by atoms with E-state index < -0.39 is 17.9 Å². The van der Waals surface area contributed by atoms with Gasteiger partial charge in [0.1, 0.15) is 6.04 Å². The number of hydrogen-bond donors (Lipinski definition) is 4. The van der Waals surface area contributed by atoms with Gasteiger partial charge in [0, 0.05) is 6.54 Å². The molecule has 108 valence electrons. The lowest BCUT2D eigenvalue weighted by molar-refractivity contribution is -0.140. The summed E-state index contributed by atoms with van der Waals surface area (Å²) in [5.74, 6) is -1.82. The number of amides is 3. The Morgan fingerprint density at radius 2 is 1.68 bits per heavy atom. The highest BCUT2D eigenvalue weighted by Gasteiger charge is 2.20. The van der Waals surface area contributed by atoms with Crippen LogP contribution in [0.4, 0.5) is 0 Å². The molecule has 19 heavy (non-hydrogen) atoms. The van der Waals surface area contributed by atoms with E-state index in [0.717, 1.165) is 0 Å². The van der Waals surface area contributed by atoms with Gasteiger partial charge in [0.25, 0.3) is 0 Å². The van der Waals surface area contributed by atoms with Crippen molar-refractivity contribution in [2.75, 3.05) is 13.1 Å². The number of nitrogens with two attached hydrogens (primary N) is 1. The molecule has 0 aromatic carbocycles. The second-order valence-electron chi connectivity index (χ2n) is 4.48. The largest absolute Gasteiger partial charge is 0.392 e. The van der Waals surface area contributed by atoms with E-state index in [1.807, 2.05) is 13.8 Å². The smallest absolute Gasteiger partial charge is 0.309 e. The molecule has 0 fully saturated rings. The molecular formula is C11H20N4O3S. The summed E-state index contributed by atoms with van der Waals surface area (Å²) < 4.78 is 0. The van der Waals surface area contributed by atoms with Gasteiger partial charge in [-0.25, -0.2) is 0 Å². The molecular weight excluding hydrogens is 268 g/mol. The van der Waals surface area contributed by atoms with Gasteiger partial charge in [-0.3, -0.25) is 14.4 Å². The van der Waals surface area contributed by atoms with Crippen molar-refractivity contribution < 1.29 is 14.4 Å². The van der Waals surface area contributed by atoms with Gasteiger partial charge >= 0.3 is 11.8 Å². The monoisotopic (exact) mass is 288 g/mol. The number of carbonyl (C=O) groups excluding carboxylic acids is 3. The van der Waals surface area contributed by atoms with Crippen LogP contribution in [-0.2, 0) is 14.4 Å². The van der Waals surface area contributed by atoms with E-state index in [1.165, 1.54) is 6.92 Å². The molecule has 0 aliphatic rings. The van der Waals surface area contributed by atoms with Gasteiger partial charge in [0.05, 0.1) is 11.5 Å². The van der Waals surface area contributed by atoms with Crippen molar-refractivity contribution in [3.63, 3.8) is 0 Å². The summed E-state index contributed by atoms with van der Waals surface area (Å²) in [5.41, 5.74) is 5.18. The van der Waals surface area contributed by atoms with Crippen LogP contribution in [0.15, 0.2) is 0 Å². The third kappa shape index (κ3) is 8.09. The Kier molecular flexibility index (Phi) is 7.66. The van der Waals surface area contributed by atoms with E-state index in [2.05, 4.69) is 28.2 Å². The molecule has 0 rings (SSSR count). The molecule has 0 saturated heterocycles. The van der Waals surface area contributed by atoms with Crippen molar-refractivity contribution in [2.24, 2.45) is 11.7 Å². The quantitative estimate of drug-likeness (QED) is 0.357. The molecule has 3 amide bonds. The van der Waals surface area contributed by atoms with Crippen LogP contribution in [0.2, 0.25) is 0 Å². The molecule has 8 heteroatoms. The van der Waals surface area contributed by atoms with Crippen LogP contribution in [0.1, 0.15) is 20.8 Å². The molecule has 0 radical (unpaired) electrons. The lowest BCUT2D eigenvalue weighted by atomic mass is 10.2. The zero-order valence-corrected chi connectivity index (χ0v) is 12.1. The lowest BCUT2D eigenvalue weighted by Gasteiger charge is -2.14. The first kappa shape index (κ1) is 17.3. The van der Waals surface area contributed by atoms with Gasteiger partial charge in [-0.05, 0) is 12.8 Å². The fraction of sp³-hybridized carbons (Fsp3) is 0.636. The molecule has 7 nitrogen and oxygen atoms in total. The summed E-state index contributed by atoms with van der Waals surface area (Å²) >= 11 is 4.56. The third-order valence-electron chi connectivity index (χ3n) is 2.05. The van der Waals surface area contributed by atoms with Crippen molar-refractivity contribution in [2.45, 2.75) is 26.8 Å². The predicted molar refractivity (Wildman–Crippen MR) is 75.2 cm³/mol. The molecule has 0 bridgehead atoms. The first-order valence-electron chi connectivity index (χ1n) is 5.88. The van der Waals surface area contributed by atoms with Crippen molar-refractivity contribution in [3.8, 4) is 0 Å². The minimum atomic E-state index is -0.900. The maximum atomic E-state index is 11.6. The molecule has 5 N–H and O–H groups in total. The summed E-state index contributed by atoms with van der Waals surface area (Å²) in [6, 6.07) is -0.790. The second kappa shape index (κ2) is 8.41. The minimum Gasteiger partial charge on any atom is -0.392 e. The average molecular weight is 288 g/mol. The number of rotatable bonds is 6. The van der Waals surface area contributed by atoms with Crippen molar-refractivity contribution in [1.82, 2.24) is 16.0 Å². The Balaban J connectivity index is 4.13. The summed E-state index contributed by atoms with van der Waals surface area (Å²) in [6.45, 7) is 5.84. The highest BCUT2D eigenvalue weighted by atomic mass is 32.1. The first-order valence-corrected chi connectivity index (χ1v) is 6.29. The number of thiocarbonyl (C=S) groups is 1. The maximum Gasteiger partial charge on any atom is 0.309 e. The number of hydrogen-bond acceptors (Lipinski definition) is 4. The average Bonchev–Trinajstić information content (AvgIpc) is 2.32. The van der Waals surface area contributed by atoms with Gasteiger partial charge < -0.3 is 21.7 Å². The summed E-state index contributed by atoms with van der Waals surface area (Å²) in [6.07, 6.45) is 0. The highest BCUT2D eigenvalue weighted by Crippen LogP contribution is 1.89. The van der Waals surface area contributed by atoms with Crippen LogP contribution in [0, 0.1) is 5.92 Å². The number of nitrogens with one attached hydrogen (secondary N) is 3.